The maximum absolute atomic E-state index is 12.8. The summed E-state index contributed by atoms with van der Waals surface area (Å²) in [5.74, 6) is 1.30. The summed E-state index contributed by atoms with van der Waals surface area (Å²) in [5.41, 5.74) is 1.44. The number of aromatic nitrogens is 2. The van der Waals surface area contributed by atoms with Crippen LogP contribution in [0.1, 0.15) is 30.6 Å². The van der Waals surface area contributed by atoms with E-state index in [4.69, 9.17) is 0 Å². The lowest BCUT2D eigenvalue weighted by atomic mass is 10.1. The van der Waals surface area contributed by atoms with Gasteiger partial charge in [-0.3, -0.25) is 9.59 Å². The van der Waals surface area contributed by atoms with Crippen LogP contribution < -0.4 is 10.6 Å². The van der Waals surface area contributed by atoms with E-state index in [-0.39, 0.29) is 17.9 Å². The molecule has 7 heteroatoms. The van der Waals surface area contributed by atoms with Crippen LogP contribution in [0.15, 0.2) is 36.5 Å². The van der Waals surface area contributed by atoms with Crippen LogP contribution in [0.3, 0.4) is 0 Å². The molecule has 1 aromatic carbocycles. The molecule has 1 aliphatic rings. The predicted octanol–water partition coefficient (Wildman–Crippen LogP) is 1.93. The molecule has 26 heavy (non-hydrogen) atoms. The van der Waals surface area contributed by atoms with Crippen molar-refractivity contribution >= 4 is 17.6 Å². The summed E-state index contributed by atoms with van der Waals surface area (Å²) in [7, 11) is 0. The lowest BCUT2D eigenvalue weighted by Crippen LogP contribution is -2.41. The van der Waals surface area contributed by atoms with E-state index in [1.165, 1.54) is 0 Å². The molecule has 7 nitrogen and oxygen atoms in total. The van der Waals surface area contributed by atoms with Gasteiger partial charge in [-0.25, -0.2) is 9.97 Å². The van der Waals surface area contributed by atoms with Gasteiger partial charge in [-0.1, -0.05) is 12.1 Å². The Morgan fingerprint density at radius 2 is 2.08 bits per heavy atom. The van der Waals surface area contributed by atoms with E-state index in [0.717, 1.165) is 17.9 Å². The Hall–Kier alpha value is -2.96. The molecule has 2 amide bonds. The first kappa shape index (κ1) is 17.8. The van der Waals surface area contributed by atoms with Crippen molar-refractivity contribution in [3.63, 3.8) is 0 Å². The Morgan fingerprint density at radius 1 is 1.31 bits per heavy atom. The molecule has 0 aliphatic carbocycles. The van der Waals surface area contributed by atoms with Crippen LogP contribution in [0, 0.1) is 0 Å². The zero-order valence-corrected chi connectivity index (χ0v) is 15.0. The van der Waals surface area contributed by atoms with Crippen LogP contribution in [-0.4, -0.2) is 52.4 Å². The zero-order valence-electron chi connectivity index (χ0n) is 15.0. The van der Waals surface area contributed by atoms with Gasteiger partial charge in [0.25, 0.3) is 5.91 Å². The lowest BCUT2D eigenvalue weighted by molar-refractivity contribution is -0.120. The van der Waals surface area contributed by atoms with Gasteiger partial charge >= 0.3 is 0 Å². The van der Waals surface area contributed by atoms with Crippen LogP contribution in [-0.2, 0) is 4.79 Å². The van der Waals surface area contributed by atoms with Crippen molar-refractivity contribution in [3.8, 4) is 11.4 Å². The highest BCUT2D eigenvalue weighted by atomic mass is 16.2. The molecule has 2 heterocycles. The zero-order chi connectivity index (χ0) is 18.5. The molecular formula is C19H23N5O2. The highest BCUT2D eigenvalue weighted by Gasteiger charge is 2.25. The number of nitrogens with one attached hydrogen (secondary N) is 2. The highest BCUT2D eigenvalue weighted by molar-refractivity contribution is 5.95. The molecule has 0 radical (unpaired) electrons. The van der Waals surface area contributed by atoms with E-state index in [1.807, 2.05) is 32.0 Å². The van der Waals surface area contributed by atoms with E-state index in [0.29, 0.717) is 30.9 Å². The molecule has 2 N–H and O–H groups in total. The van der Waals surface area contributed by atoms with Crippen molar-refractivity contribution in [2.75, 3.05) is 25.0 Å². The fourth-order valence-corrected chi connectivity index (χ4v) is 2.91. The van der Waals surface area contributed by atoms with E-state index in [2.05, 4.69) is 20.6 Å². The summed E-state index contributed by atoms with van der Waals surface area (Å²) in [5, 5.41) is 5.98. The van der Waals surface area contributed by atoms with E-state index >= 15 is 0 Å². The third-order valence-electron chi connectivity index (χ3n) is 4.37. The summed E-state index contributed by atoms with van der Waals surface area (Å²) in [6.07, 6.45) is 2.04. The molecule has 2 aromatic rings. The van der Waals surface area contributed by atoms with Crippen LogP contribution >= 0.6 is 0 Å². The first-order valence-corrected chi connectivity index (χ1v) is 8.83. The number of nitrogens with zero attached hydrogens (tertiary/aromatic N) is 3. The molecule has 0 saturated carbocycles. The minimum Gasteiger partial charge on any atom is -0.370 e. The fourth-order valence-electron chi connectivity index (χ4n) is 2.91. The number of carbonyl (C=O) groups excluding carboxylic acids is 2. The second-order valence-corrected chi connectivity index (χ2v) is 6.27. The summed E-state index contributed by atoms with van der Waals surface area (Å²) >= 11 is 0. The number of hydrogen-bond donors (Lipinski definition) is 2. The monoisotopic (exact) mass is 353 g/mol. The first-order chi connectivity index (χ1) is 12.6. The minimum absolute atomic E-state index is 0.0137. The van der Waals surface area contributed by atoms with Crippen molar-refractivity contribution in [1.29, 1.82) is 0 Å². The Kier molecular flexibility index (Phi) is 5.46. The number of rotatable bonds is 4. The SMILES string of the molecule is CCNc1ccnc(-c2ccc(C(=O)N3CCC(=O)NC[C@H]3C)cc2)n1. The number of benzene rings is 1. The van der Waals surface area contributed by atoms with Crippen molar-refractivity contribution in [2.24, 2.45) is 0 Å². The third kappa shape index (κ3) is 3.99. The molecule has 0 spiro atoms. The topological polar surface area (TPSA) is 87.2 Å². The summed E-state index contributed by atoms with van der Waals surface area (Å²) < 4.78 is 0. The quantitative estimate of drug-likeness (QED) is 0.877. The molecule has 0 unspecified atom stereocenters. The standard InChI is InChI=1S/C19H23N5O2/c1-3-20-16-8-10-21-18(23-16)14-4-6-15(7-5-14)19(26)24-11-9-17(25)22-12-13(24)2/h4-8,10,13H,3,9,11-12H2,1-2H3,(H,22,25)(H,20,21,23)/t13-/m1/s1. The average molecular weight is 353 g/mol. The summed E-state index contributed by atoms with van der Waals surface area (Å²) in [4.78, 5) is 34.9. The van der Waals surface area contributed by atoms with Crippen LogP contribution in [0.4, 0.5) is 5.82 Å². The van der Waals surface area contributed by atoms with E-state index in [1.54, 1.807) is 23.2 Å². The van der Waals surface area contributed by atoms with Gasteiger partial charge in [0.1, 0.15) is 5.82 Å². The normalized spacial score (nSPS) is 17.4. The Labute approximate surface area is 152 Å². The van der Waals surface area contributed by atoms with Crippen molar-refractivity contribution in [1.82, 2.24) is 20.2 Å². The fraction of sp³-hybridized carbons (Fsp3) is 0.368. The summed E-state index contributed by atoms with van der Waals surface area (Å²) in [6, 6.07) is 9.06. The molecule has 1 aromatic heterocycles. The molecule has 1 fully saturated rings. The van der Waals surface area contributed by atoms with Gasteiger partial charge in [0.05, 0.1) is 0 Å². The smallest absolute Gasteiger partial charge is 0.254 e. The van der Waals surface area contributed by atoms with Crippen molar-refractivity contribution < 1.29 is 9.59 Å². The lowest BCUT2D eigenvalue weighted by Gasteiger charge is -2.26. The maximum atomic E-state index is 12.8. The van der Waals surface area contributed by atoms with Crippen molar-refractivity contribution in [3.05, 3.63) is 42.1 Å². The molecule has 1 atom stereocenters. The van der Waals surface area contributed by atoms with E-state index < -0.39 is 0 Å². The Morgan fingerprint density at radius 3 is 2.81 bits per heavy atom. The number of carbonyl (C=O) groups is 2. The van der Waals surface area contributed by atoms with Crippen molar-refractivity contribution in [2.45, 2.75) is 26.3 Å². The van der Waals surface area contributed by atoms with Gasteiger partial charge in [0.2, 0.25) is 5.91 Å². The number of amides is 2. The molecule has 0 bridgehead atoms. The summed E-state index contributed by atoms with van der Waals surface area (Å²) in [6.45, 7) is 5.65. The third-order valence-corrected chi connectivity index (χ3v) is 4.37. The predicted molar refractivity (Wildman–Crippen MR) is 99.8 cm³/mol. The molecule has 3 rings (SSSR count). The largest absolute Gasteiger partial charge is 0.370 e. The van der Waals surface area contributed by atoms with Gasteiger partial charge in [-0.15, -0.1) is 0 Å². The minimum atomic E-state index is -0.0668. The van der Waals surface area contributed by atoms with Gasteiger partial charge < -0.3 is 15.5 Å². The second-order valence-electron chi connectivity index (χ2n) is 6.27. The first-order valence-electron chi connectivity index (χ1n) is 8.83. The molecule has 1 saturated heterocycles. The highest BCUT2D eigenvalue weighted by Crippen LogP contribution is 2.19. The Balaban J connectivity index is 1.77. The molecule has 1 aliphatic heterocycles. The number of hydrogen-bond acceptors (Lipinski definition) is 5. The van der Waals surface area contributed by atoms with Crippen LogP contribution in [0.5, 0.6) is 0 Å². The van der Waals surface area contributed by atoms with Gasteiger partial charge in [-0.2, -0.15) is 0 Å². The van der Waals surface area contributed by atoms with E-state index in [9.17, 15) is 9.59 Å². The maximum Gasteiger partial charge on any atom is 0.254 e. The number of anilines is 1. The molecular weight excluding hydrogens is 330 g/mol. The van der Waals surface area contributed by atoms with Crippen LogP contribution in [0.25, 0.3) is 11.4 Å². The van der Waals surface area contributed by atoms with Crippen LogP contribution in [0.2, 0.25) is 0 Å². The second kappa shape index (κ2) is 7.95. The average Bonchev–Trinajstić information content (AvgIpc) is 2.83. The van der Waals surface area contributed by atoms with Gasteiger partial charge in [0.15, 0.2) is 5.82 Å². The van der Waals surface area contributed by atoms with Gasteiger partial charge in [0, 0.05) is 49.4 Å². The Bertz CT molecular complexity index is 791. The molecule has 136 valence electrons. The van der Waals surface area contributed by atoms with Gasteiger partial charge in [-0.05, 0) is 32.0 Å².